The largest absolute Gasteiger partial charge is 0.272 e. The van der Waals surface area contributed by atoms with Crippen LogP contribution in [0, 0.1) is 0 Å². The van der Waals surface area contributed by atoms with Gasteiger partial charge in [-0.2, -0.15) is 5.10 Å². The number of nitrogens with zero attached hydrogens (tertiary/aromatic N) is 1. The molecule has 0 atom stereocenters. The van der Waals surface area contributed by atoms with Crippen LogP contribution in [0.1, 0.15) is 5.56 Å². The molecule has 0 saturated heterocycles. The minimum absolute atomic E-state index is 0.101. The third-order valence-electron chi connectivity index (χ3n) is 2.77. The number of benzene rings is 2. The number of hydrogen-bond donors (Lipinski definition) is 2. The number of nitrogens with one attached hydrogen (secondary N) is 2. The Bertz CT molecular complexity index is 808. The van der Waals surface area contributed by atoms with Crippen molar-refractivity contribution >= 4 is 38.1 Å². The van der Waals surface area contributed by atoms with E-state index < -0.39 is 22.5 Å². The maximum atomic E-state index is 11.9. The first-order chi connectivity index (χ1) is 11.0. The molecule has 120 valence electrons. The van der Waals surface area contributed by atoms with Crippen LogP contribution in [0.5, 0.6) is 0 Å². The highest BCUT2D eigenvalue weighted by Gasteiger charge is 2.14. The second-order valence-electron chi connectivity index (χ2n) is 4.45. The average molecular weight is 396 g/mol. The Morgan fingerprint density at radius 2 is 1.74 bits per heavy atom. The molecule has 0 spiro atoms. The lowest BCUT2D eigenvalue weighted by Gasteiger charge is -2.05. The van der Waals surface area contributed by atoms with Crippen LogP contribution in [0.25, 0.3) is 0 Å². The zero-order valence-electron chi connectivity index (χ0n) is 11.9. The topological polar surface area (TPSA) is 87.6 Å². The van der Waals surface area contributed by atoms with Gasteiger partial charge < -0.3 is 0 Å². The van der Waals surface area contributed by atoms with Crippen molar-refractivity contribution in [2.75, 3.05) is 6.54 Å². The molecule has 6 nitrogen and oxygen atoms in total. The molecule has 2 aromatic rings. The second kappa shape index (κ2) is 8.00. The molecule has 2 rings (SSSR count). The molecule has 2 aromatic carbocycles. The molecule has 2 N–H and O–H groups in total. The molecule has 0 bridgehead atoms. The molecule has 0 aliphatic heterocycles. The van der Waals surface area contributed by atoms with E-state index in [1.165, 1.54) is 18.3 Å². The van der Waals surface area contributed by atoms with Gasteiger partial charge in [0.25, 0.3) is 5.91 Å². The van der Waals surface area contributed by atoms with Gasteiger partial charge in [0.1, 0.15) is 0 Å². The van der Waals surface area contributed by atoms with Gasteiger partial charge in [0.05, 0.1) is 17.7 Å². The molecule has 0 unspecified atom stereocenters. The molecule has 0 aliphatic rings. The summed E-state index contributed by atoms with van der Waals surface area (Å²) in [6, 6.07) is 15.2. The molecule has 23 heavy (non-hydrogen) atoms. The summed E-state index contributed by atoms with van der Waals surface area (Å²) in [6.07, 6.45) is 1.47. The predicted molar refractivity (Wildman–Crippen MR) is 91.5 cm³/mol. The van der Waals surface area contributed by atoms with E-state index in [4.69, 9.17) is 0 Å². The Morgan fingerprint density at radius 1 is 1.09 bits per heavy atom. The quantitative estimate of drug-likeness (QED) is 0.577. The van der Waals surface area contributed by atoms with E-state index in [0.29, 0.717) is 0 Å². The molecule has 8 heteroatoms. The van der Waals surface area contributed by atoms with Crippen LogP contribution in [-0.2, 0) is 14.8 Å². The van der Waals surface area contributed by atoms with Crippen LogP contribution >= 0.6 is 15.9 Å². The van der Waals surface area contributed by atoms with E-state index >= 15 is 0 Å². The SMILES string of the molecule is O=C(CNS(=O)(=O)c1ccccc1)N/N=C/c1ccccc1Br. The molecular weight excluding hydrogens is 382 g/mol. The number of sulfonamides is 1. The minimum atomic E-state index is -3.71. The van der Waals surface area contributed by atoms with E-state index in [-0.39, 0.29) is 4.90 Å². The van der Waals surface area contributed by atoms with Crippen LogP contribution in [-0.4, -0.2) is 27.1 Å². The number of halogens is 1. The third kappa shape index (κ3) is 5.27. The molecule has 0 aliphatic carbocycles. The third-order valence-corrected chi connectivity index (χ3v) is 4.91. The van der Waals surface area contributed by atoms with Crippen LogP contribution < -0.4 is 10.1 Å². The standard InChI is InChI=1S/C15H14BrN3O3S/c16-14-9-5-4-6-12(14)10-17-19-15(20)11-18-23(21,22)13-7-2-1-3-8-13/h1-10,18H,11H2,(H,19,20)/b17-10+. The summed E-state index contributed by atoms with van der Waals surface area (Å²) < 4.78 is 26.9. The van der Waals surface area contributed by atoms with Gasteiger partial charge in [0.15, 0.2) is 0 Å². The lowest BCUT2D eigenvalue weighted by atomic mass is 10.2. The van der Waals surface area contributed by atoms with Gasteiger partial charge in [0, 0.05) is 10.0 Å². The molecule has 1 amide bonds. The van der Waals surface area contributed by atoms with Crippen LogP contribution in [0.3, 0.4) is 0 Å². The fourth-order valence-corrected chi connectivity index (χ4v) is 3.03. The van der Waals surface area contributed by atoms with Crippen molar-refractivity contribution in [3.63, 3.8) is 0 Å². The van der Waals surface area contributed by atoms with E-state index in [1.807, 2.05) is 24.3 Å². The highest BCUT2D eigenvalue weighted by atomic mass is 79.9. The summed E-state index contributed by atoms with van der Waals surface area (Å²) in [5.41, 5.74) is 3.05. The number of rotatable bonds is 6. The normalized spacial score (nSPS) is 11.5. The molecule has 0 heterocycles. The molecule has 0 fully saturated rings. The van der Waals surface area contributed by atoms with Crippen molar-refractivity contribution in [2.24, 2.45) is 5.10 Å². The van der Waals surface area contributed by atoms with E-state index in [1.54, 1.807) is 18.2 Å². The Kier molecular flexibility index (Phi) is 6.03. The summed E-state index contributed by atoms with van der Waals surface area (Å²) in [5, 5.41) is 3.79. The maximum absolute atomic E-state index is 11.9. The monoisotopic (exact) mass is 395 g/mol. The fraction of sp³-hybridized carbons (Fsp3) is 0.0667. The van der Waals surface area contributed by atoms with E-state index in [9.17, 15) is 13.2 Å². The Morgan fingerprint density at radius 3 is 2.43 bits per heavy atom. The van der Waals surface area contributed by atoms with Gasteiger partial charge >= 0.3 is 0 Å². The van der Waals surface area contributed by atoms with Crippen molar-refractivity contribution in [1.29, 1.82) is 0 Å². The fourth-order valence-electron chi connectivity index (χ4n) is 1.64. The zero-order valence-corrected chi connectivity index (χ0v) is 14.3. The minimum Gasteiger partial charge on any atom is -0.272 e. The predicted octanol–water partition coefficient (Wildman–Crippen LogP) is 1.88. The molecule has 0 radical (unpaired) electrons. The number of hydrazone groups is 1. The van der Waals surface area contributed by atoms with E-state index in [2.05, 4.69) is 31.2 Å². The second-order valence-corrected chi connectivity index (χ2v) is 7.07. The van der Waals surface area contributed by atoms with Crippen molar-refractivity contribution in [3.05, 3.63) is 64.6 Å². The van der Waals surface area contributed by atoms with Crippen molar-refractivity contribution in [3.8, 4) is 0 Å². The van der Waals surface area contributed by atoms with Gasteiger partial charge in [-0.1, -0.05) is 52.3 Å². The number of hydrogen-bond acceptors (Lipinski definition) is 4. The van der Waals surface area contributed by atoms with Gasteiger partial charge in [-0.25, -0.2) is 18.6 Å². The first kappa shape index (κ1) is 17.3. The Hall–Kier alpha value is -2.03. The number of amides is 1. The lowest BCUT2D eigenvalue weighted by molar-refractivity contribution is -0.119. The van der Waals surface area contributed by atoms with Crippen molar-refractivity contribution < 1.29 is 13.2 Å². The molecule has 0 saturated carbocycles. The number of carbonyl (C=O) groups excluding carboxylic acids is 1. The zero-order chi connectivity index (χ0) is 16.7. The molecule has 0 aromatic heterocycles. The van der Waals surface area contributed by atoms with E-state index in [0.717, 1.165) is 10.0 Å². The van der Waals surface area contributed by atoms with Crippen LogP contribution in [0.15, 0.2) is 69.1 Å². The van der Waals surface area contributed by atoms with Crippen molar-refractivity contribution in [1.82, 2.24) is 10.1 Å². The summed E-state index contributed by atoms with van der Waals surface area (Å²) in [4.78, 5) is 11.7. The van der Waals surface area contributed by atoms with Crippen LogP contribution in [0.4, 0.5) is 0 Å². The Labute approximate surface area is 142 Å². The first-order valence-corrected chi connectivity index (χ1v) is 8.88. The Balaban J connectivity index is 1.87. The summed E-state index contributed by atoms with van der Waals surface area (Å²) >= 11 is 3.35. The first-order valence-electron chi connectivity index (χ1n) is 6.60. The van der Waals surface area contributed by atoms with Crippen LogP contribution in [0.2, 0.25) is 0 Å². The molecular formula is C15H14BrN3O3S. The highest BCUT2D eigenvalue weighted by molar-refractivity contribution is 9.10. The summed E-state index contributed by atoms with van der Waals surface area (Å²) in [6.45, 7) is -0.398. The summed E-state index contributed by atoms with van der Waals surface area (Å²) in [7, 11) is -3.71. The van der Waals surface area contributed by atoms with Gasteiger partial charge in [-0.3, -0.25) is 4.79 Å². The van der Waals surface area contributed by atoms with Gasteiger partial charge in [-0.15, -0.1) is 0 Å². The van der Waals surface area contributed by atoms with Gasteiger partial charge in [0.2, 0.25) is 10.0 Å². The smallest absolute Gasteiger partial charge is 0.255 e. The highest BCUT2D eigenvalue weighted by Crippen LogP contribution is 2.13. The van der Waals surface area contributed by atoms with Gasteiger partial charge in [-0.05, 0) is 18.2 Å². The lowest BCUT2D eigenvalue weighted by Crippen LogP contribution is -2.34. The van der Waals surface area contributed by atoms with Crippen molar-refractivity contribution in [2.45, 2.75) is 4.90 Å². The number of carbonyl (C=O) groups is 1. The maximum Gasteiger partial charge on any atom is 0.255 e. The average Bonchev–Trinajstić information content (AvgIpc) is 2.56. The summed E-state index contributed by atoms with van der Waals surface area (Å²) in [5.74, 6) is -0.562.